The lowest BCUT2D eigenvalue weighted by atomic mass is 9.94. The lowest BCUT2D eigenvalue weighted by Gasteiger charge is -2.36. The van der Waals surface area contributed by atoms with Crippen LogP contribution < -0.4 is 10.1 Å². The molecule has 0 saturated carbocycles. The van der Waals surface area contributed by atoms with E-state index in [2.05, 4.69) is 22.4 Å². The van der Waals surface area contributed by atoms with Gasteiger partial charge >= 0.3 is 0 Å². The Morgan fingerprint density at radius 1 is 1.13 bits per heavy atom. The quantitative estimate of drug-likeness (QED) is 0.495. The molecule has 1 N–H and O–H groups in total. The zero-order valence-electron chi connectivity index (χ0n) is 17.6. The first-order chi connectivity index (χ1) is 15.0. The van der Waals surface area contributed by atoms with E-state index < -0.39 is 0 Å². The van der Waals surface area contributed by atoms with Gasteiger partial charge in [-0.1, -0.05) is 28.9 Å². The molecule has 4 rings (SSSR count). The molecule has 0 saturated heterocycles. The number of hydrogen-bond acceptors (Lipinski definition) is 5. The summed E-state index contributed by atoms with van der Waals surface area (Å²) in [5.41, 5.74) is 3.74. The van der Waals surface area contributed by atoms with Crippen LogP contribution in [0.5, 0.6) is 5.75 Å². The topological polar surface area (TPSA) is 63.4 Å². The predicted octanol–water partition coefficient (Wildman–Crippen LogP) is 5.47. The van der Waals surface area contributed by atoms with E-state index in [1.54, 1.807) is 12.1 Å². The molecule has 0 amide bonds. The molecular formula is C23H23ClN4O2S. The van der Waals surface area contributed by atoms with E-state index in [0.29, 0.717) is 28.5 Å². The fraction of sp³-hybridized carbons (Fsp3) is 0.261. The van der Waals surface area contributed by atoms with Crippen molar-refractivity contribution in [3.8, 4) is 17.1 Å². The number of ether oxygens (including phenoxy) is 1. The molecule has 0 aliphatic carbocycles. The van der Waals surface area contributed by atoms with Crippen LogP contribution in [0.4, 0.5) is 0 Å². The van der Waals surface area contributed by atoms with E-state index in [0.717, 1.165) is 34.7 Å². The van der Waals surface area contributed by atoms with Gasteiger partial charge in [-0.2, -0.15) is 4.98 Å². The molecule has 3 aromatic rings. The summed E-state index contributed by atoms with van der Waals surface area (Å²) in [6, 6.07) is 15.1. The molecule has 2 heterocycles. The molecule has 0 bridgehead atoms. The van der Waals surface area contributed by atoms with E-state index in [9.17, 15) is 0 Å². The number of halogens is 1. The second-order valence-corrected chi connectivity index (χ2v) is 7.88. The van der Waals surface area contributed by atoms with Crippen LogP contribution in [0.1, 0.15) is 38.3 Å². The van der Waals surface area contributed by atoms with Gasteiger partial charge < -0.3 is 19.5 Å². The van der Waals surface area contributed by atoms with Crippen LogP contribution in [0.25, 0.3) is 17.0 Å². The Balaban J connectivity index is 1.76. The Morgan fingerprint density at radius 2 is 1.84 bits per heavy atom. The summed E-state index contributed by atoms with van der Waals surface area (Å²) in [5.74, 6) is 1.79. The van der Waals surface area contributed by atoms with Gasteiger partial charge in [0, 0.05) is 22.8 Å². The minimum absolute atomic E-state index is 0.218. The summed E-state index contributed by atoms with van der Waals surface area (Å²) in [5, 5.41) is 8.96. The number of allylic oxidation sites excluding steroid dienone is 1. The summed E-state index contributed by atoms with van der Waals surface area (Å²) in [6.07, 6.45) is 0. The molecule has 0 spiro atoms. The molecule has 6 nitrogen and oxygen atoms in total. The number of aromatic nitrogens is 2. The first kappa shape index (κ1) is 21.3. The minimum atomic E-state index is -0.218. The van der Waals surface area contributed by atoms with E-state index in [1.807, 2.05) is 55.1 Å². The second kappa shape index (κ2) is 9.08. The maximum absolute atomic E-state index is 6.00. The van der Waals surface area contributed by atoms with Crippen LogP contribution >= 0.6 is 23.8 Å². The number of nitrogens with one attached hydrogen (secondary N) is 1. The van der Waals surface area contributed by atoms with E-state index >= 15 is 0 Å². The van der Waals surface area contributed by atoms with Crippen molar-refractivity contribution in [3.63, 3.8) is 0 Å². The Morgan fingerprint density at radius 3 is 2.48 bits per heavy atom. The lowest BCUT2D eigenvalue weighted by Crippen LogP contribution is -2.45. The third-order valence-corrected chi connectivity index (χ3v) is 5.79. The van der Waals surface area contributed by atoms with E-state index in [4.69, 9.17) is 33.1 Å². The fourth-order valence-corrected chi connectivity index (χ4v) is 4.17. The summed E-state index contributed by atoms with van der Waals surface area (Å²) in [6.45, 7) is 7.40. The van der Waals surface area contributed by atoms with Gasteiger partial charge in [0.25, 0.3) is 5.89 Å². The number of thiocarbonyl (C=S) groups is 1. The van der Waals surface area contributed by atoms with Crippen molar-refractivity contribution in [2.45, 2.75) is 26.8 Å². The van der Waals surface area contributed by atoms with Gasteiger partial charge in [-0.05, 0) is 75.0 Å². The van der Waals surface area contributed by atoms with Crippen molar-refractivity contribution >= 4 is 34.5 Å². The van der Waals surface area contributed by atoms with Crippen LogP contribution in [0.3, 0.4) is 0 Å². The monoisotopic (exact) mass is 454 g/mol. The molecule has 31 heavy (non-hydrogen) atoms. The van der Waals surface area contributed by atoms with Crippen LogP contribution in [0.2, 0.25) is 5.02 Å². The Labute approximate surface area is 191 Å². The first-order valence-corrected chi connectivity index (χ1v) is 10.9. The molecule has 0 fully saturated rings. The number of nitrogens with zero attached hydrogens (tertiary/aromatic N) is 3. The van der Waals surface area contributed by atoms with Gasteiger partial charge in [-0.3, -0.25) is 0 Å². The number of benzene rings is 2. The Bertz CT molecular complexity index is 1110. The average molecular weight is 455 g/mol. The SMILES string of the molecule is CCOc1ccc(C2NC(=S)N(CC)C(C)=C2c2nc(-c3ccc(Cl)cc3)no2)cc1. The van der Waals surface area contributed by atoms with Crippen molar-refractivity contribution in [1.29, 1.82) is 0 Å². The molecule has 1 unspecified atom stereocenters. The lowest BCUT2D eigenvalue weighted by molar-refractivity contribution is 0.340. The Hall–Kier alpha value is -2.90. The average Bonchev–Trinajstić information content (AvgIpc) is 3.24. The predicted molar refractivity (Wildman–Crippen MR) is 126 cm³/mol. The maximum atomic E-state index is 6.00. The van der Waals surface area contributed by atoms with Gasteiger partial charge in [0.2, 0.25) is 5.82 Å². The smallest absolute Gasteiger partial charge is 0.258 e. The highest BCUT2D eigenvalue weighted by atomic mass is 35.5. The molecular weight excluding hydrogens is 432 g/mol. The van der Waals surface area contributed by atoms with Gasteiger partial charge in [0.1, 0.15) is 5.75 Å². The van der Waals surface area contributed by atoms with Crippen LogP contribution in [0, 0.1) is 0 Å². The van der Waals surface area contributed by atoms with Crippen molar-refractivity contribution in [1.82, 2.24) is 20.4 Å². The van der Waals surface area contributed by atoms with Crippen LogP contribution in [-0.4, -0.2) is 33.3 Å². The highest BCUT2D eigenvalue weighted by Gasteiger charge is 2.33. The van der Waals surface area contributed by atoms with Gasteiger partial charge in [-0.25, -0.2) is 0 Å². The third-order valence-electron chi connectivity index (χ3n) is 5.20. The summed E-state index contributed by atoms with van der Waals surface area (Å²) >= 11 is 11.6. The normalized spacial score (nSPS) is 16.5. The van der Waals surface area contributed by atoms with Crippen molar-refractivity contribution < 1.29 is 9.26 Å². The molecule has 1 aromatic heterocycles. The summed E-state index contributed by atoms with van der Waals surface area (Å²) in [7, 11) is 0. The molecule has 1 atom stereocenters. The standard InChI is InChI=1S/C23H23ClN4O2S/c1-4-28-14(3)19(22-26-21(27-30-22)16-6-10-17(24)11-7-16)20(25-23(28)31)15-8-12-18(13-9-15)29-5-2/h6-13,20H,4-5H2,1-3H3,(H,25,31). The Kier molecular flexibility index (Phi) is 6.25. The molecule has 0 radical (unpaired) electrons. The first-order valence-electron chi connectivity index (χ1n) is 10.1. The zero-order valence-corrected chi connectivity index (χ0v) is 19.1. The van der Waals surface area contributed by atoms with Gasteiger partial charge in [0.05, 0.1) is 18.2 Å². The van der Waals surface area contributed by atoms with Crippen LogP contribution in [0.15, 0.2) is 58.8 Å². The zero-order chi connectivity index (χ0) is 22.0. The van der Waals surface area contributed by atoms with Crippen molar-refractivity contribution in [3.05, 3.63) is 70.7 Å². The maximum Gasteiger partial charge on any atom is 0.258 e. The summed E-state index contributed by atoms with van der Waals surface area (Å²) in [4.78, 5) is 6.72. The number of rotatable bonds is 6. The summed E-state index contributed by atoms with van der Waals surface area (Å²) < 4.78 is 11.3. The van der Waals surface area contributed by atoms with Crippen molar-refractivity contribution in [2.75, 3.05) is 13.2 Å². The molecule has 1 aliphatic heterocycles. The van der Waals surface area contributed by atoms with Crippen LogP contribution in [-0.2, 0) is 0 Å². The van der Waals surface area contributed by atoms with Crippen molar-refractivity contribution in [2.24, 2.45) is 0 Å². The molecule has 2 aromatic carbocycles. The highest BCUT2D eigenvalue weighted by molar-refractivity contribution is 7.80. The molecule has 160 valence electrons. The fourth-order valence-electron chi connectivity index (χ4n) is 3.66. The van der Waals surface area contributed by atoms with E-state index in [1.165, 1.54) is 0 Å². The molecule has 8 heteroatoms. The number of hydrogen-bond donors (Lipinski definition) is 1. The van der Waals surface area contributed by atoms with E-state index in [-0.39, 0.29) is 6.04 Å². The third kappa shape index (κ3) is 4.29. The second-order valence-electron chi connectivity index (χ2n) is 7.06. The largest absolute Gasteiger partial charge is 0.494 e. The minimum Gasteiger partial charge on any atom is -0.494 e. The van der Waals surface area contributed by atoms with Gasteiger partial charge in [0.15, 0.2) is 5.11 Å². The highest BCUT2D eigenvalue weighted by Crippen LogP contribution is 2.37. The van der Waals surface area contributed by atoms with Gasteiger partial charge in [-0.15, -0.1) is 0 Å². The molecule has 1 aliphatic rings.